The number of aromatic nitrogens is 1. The fourth-order valence-corrected chi connectivity index (χ4v) is 2.22. The Morgan fingerprint density at radius 1 is 1.25 bits per heavy atom. The monoisotopic (exact) mass is 273 g/mol. The Balaban J connectivity index is 2.45. The molecule has 0 aliphatic heterocycles. The van der Waals surface area contributed by atoms with Gasteiger partial charge in [-0.05, 0) is 18.6 Å². The van der Waals surface area contributed by atoms with E-state index in [-0.39, 0.29) is 12.2 Å². The van der Waals surface area contributed by atoms with Gasteiger partial charge in [0.25, 0.3) is 5.56 Å². The third kappa shape index (κ3) is 2.88. The second kappa shape index (κ2) is 5.61. The molecule has 5 heteroatoms. The fourth-order valence-electron chi connectivity index (χ4n) is 2.22. The Morgan fingerprint density at radius 3 is 2.45 bits per heavy atom. The van der Waals surface area contributed by atoms with Crippen molar-refractivity contribution < 1.29 is 15.0 Å². The second-order valence-electron chi connectivity index (χ2n) is 4.61. The van der Waals surface area contributed by atoms with Crippen molar-refractivity contribution in [3.8, 4) is 5.75 Å². The first-order chi connectivity index (χ1) is 9.49. The highest BCUT2D eigenvalue weighted by Gasteiger charge is 2.22. The maximum absolute atomic E-state index is 11.9. The van der Waals surface area contributed by atoms with Crippen LogP contribution in [0.15, 0.2) is 47.3 Å². The minimum absolute atomic E-state index is 0.160. The van der Waals surface area contributed by atoms with Crippen molar-refractivity contribution in [2.24, 2.45) is 0 Å². The molecule has 104 valence electrons. The smallest absolute Gasteiger partial charge is 0.327 e. The number of carboxylic acids is 1. The van der Waals surface area contributed by atoms with E-state index >= 15 is 0 Å². The highest BCUT2D eigenvalue weighted by molar-refractivity contribution is 5.72. The van der Waals surface area contributed by atoms with E-state index in [9.17, 15) is 19.8 Å². The van der Waals surface area contributed by atoms with Crippen molar-refractivity contribution in [1.82, 2.24) is 4.57 Å². The van der Waals surface area contributed by atoms with Gasteiger partial charge in [0.1, 0.15) is 11.8 Å². The number of pyridine rings is 1. The number of aryl methyl sites for hydroxylation is 1. The van der Waals surface area contributed by atoms with Gasteiger partial charge in [0.15, 0.2) is 0 Å². The van der Waals surface area contributed by atoms with Crippen LogP contribution in [0.3, 0.4) is 0 Å². The largest absolute Gasteiger partial charge is 0.508 e. The number of nitrogens with zero attached hydrogens (tertiary/aromatic N) is 1. The van der Waals surface area contributed by atoms with Crippen LogP contribution in [0.25, 0.3) is 0 Å². The lowest BCUT2D eigenvalue weighted by atomic mass is 10.1. The summed E-state index contributed by atoms with van der Waals surface area (Å²) >= 11 is 0. The summed E-state index contributed by atoms with van der Waals surface area (Å²) in [5, 5.41) is 18.8. The molecule has 0 fully saturated rings. The Morgan fingerprint density at radius 2 is 1.90 bits per heavy atom. The number of aliphatic carboxylic acids is 1. The molecule has 1 unspecified atom stereocenters. The first-order valence-corrected chi connectivity index (χ1v) is 6.18. The van der Waals surface area contributed by atoms with Gasteiger partial charge in [0.05, 0.1) is 0 Å². The summed E-state index contributed by atoms with van der Waals surface area (Å²) in [4.78, 5) is 23.4. The molecule has 0 aliphatic rings. The molecule has 1 aromatic carbocycles. The van der Waals surface area contributed by atoms with E-state index in [1.54, 1.807) is 6.92 Å². The van der Waals surface area contributed by atoms with E-state index < -0.39 is 17.6 Å². The highest BCUT2D eigenvalue weighted by atomic mass is 16.4. The van der Waals surface area contributed by atoms with Crippen molar-refractivity contribution >= 4 is 5.97 Å². The standard InChI is InChI=1S/C15H15NO4/c1-10-7-12(17)9-14(18)16(10)13(15(19)20)8-11-5-3-2-4-6-11/h2-7,9,13,17H,8H2,1H3,(H,19,20). The van der Waals surface area contributed by atoms with E-state index in [4.69, 9.17) is 0 Å². The maximum Gasteiger partial charge on any atom is 0.327 e. The summed E-state index contributed by atoms with van der Waals surface area (Å²) in [6, 6.07) is 10.5. The summed E-state index contributed by atoms with van der Waals surface area (Å²) in [6.07, 6.45) is 0.210. The molecule has 0 saturated carbocycles. The van der Waals surface area contributed by atoms with Gasteiger partial charge < -0.3 is 10.2 Å². The molecule has 1 aromatic heterocycles. The molecule has 20 heavy (non-hydrogen) atoms. The second-order valence-corrected chi connectivity index (χ2v) is 4.61. The Bertz CT molecular complexity index is 676. The molecule has 1 heterocycles. The molecule has 0 bridgehead atoms. The van der Waals surface area contributed by atoms with Crippen LogP contribution >= 0.6 is 0 Å². The summed E-state index contributed by atoms with van der Waals surface area (Å²) in [6.45, 7) is 1.60. The number of hydrogen-bond donors (Lipinski definition) is 2. The summed E-state index contributed by atoms with van der Waals surface area (Å²) in [7, 11) is 0. The predicted molar refractivity (Wildman–Crippen MR) is 73.9 cm³/mol. The summed E-state index contributed by atoms with van der Waals surface area (Å²) in [5.41, 5.74) is 0.725. The van der Waals surface area contributed by atoms with Crippen molar-refractivity contribution in [2.45, 2.75) is 19.4 Å². The average molecular weight is 273 g/mol. The fraction of sp³-hybridized carbons (Fsp3) is 0.200. The third-order valence-electron chi connectivity index (χ3n) is 3.11. The van der Waals surface area contributed by atoms with E-state index in [1.807, 2.05) is 30.3 Å². The van der Waals surface area contributed by atoms with Crippen molar-refractivity contribution in [1.29, 1.82) is 0 Å². The Labute approximate surface area is 115 Å². The average Bonchev–Trinajstić information content (AvgIpc) is 2.37. The number of carboxylic acid groups (broad SMARTS) is 1. The van der Waals surface area contributed by atoms with Crippen molar-refractivity contribution in [3.05, 3.63) is 64.1 Å². The normalized spacial score (nSPS) is 12.1. The number of carbonyl (C=O) groups is 1. The van der Waals surface area contributed by atoms with Gasteiger partial charge in [-0.25, -0.2) is 4.79 Å². The van der Waals surface area contributed by atoms with Crippen LogP contribution in [-0.4, -0.2) is 20.7 Å². The zero-order valence-corrected chi connectivity index (χ0v) is 11.0. The molecular weight excluding hydrogens is 258 g/mol. The number of benzene rings is 1. The Kier molecular flexibility index (Phi) is 3.89. The highest BCUT2D eigenvalue weighted by Crippen LogP contribution is 2.17. The van der Waals surface area contributed by atoms with Crippen LogP contribution in [0.5, 0.6) is 5.75 Å². The SMILES string of the molecule is Cc1cc(O)cc(=O)n1C(Cc1ccccc1)C(=O)O. The summed E-state index contributed by atoms with van der Waals surface area (Å²) in [5.74, 6) is -1.24. The van der Waals surface area contributed by atoms with Gasteiger partial charge in [-0.1, -0.05) is 30.3 Å². The molecule has 0 aliphatic carbocycles. The molecule has 0 radical (unpaired) electrons. The molecular formula is C15H15NO4. The van der Waals surface area contributed by atoms with Crippen molar-refractivity contribution in [3.63, 3.8) is 0 Å². The quantitative estimate of drug-likeness (QED) is 0.889. The minimum atomic E-state index is -1.08. The number of hydrogen-bond acceptors (Lipinski definition) is 3. The molecule has 0 spiro atoms. The van der Waals surface area contributed by atoms with Crippen molar-refractivity contribution in [2.75, 3.05) is 0 Å². The van der Waals surface area contributed by atoms with Crippen LogP contribution in [0.2, 0.25) is 0 Å². The topological polar surface area (TPSA) is 79.5 Å². The van der Waals surface area contributed by atoms with Gasteiger partial charge in [0, 0.05) is 18.2 Å². The third-order valence-corrected chi connectivity index (χ3v) is 3.11. The van der Waals surface area contributed by atoms with Gasteiger partial charge >= 0.3 is 5.97 Å². The molecule has 2 rings (SSSR count). The molecule has 2 N–H and O–H groups in total. The van der Waals surface area contributed by atoms with Gasteiger partial charge in [-0.3, -0.25) is 9.36 Å². The zero-order valence-electron chi connectivity index (χ0n) is 11.0. The van der Waals surface area contributed by atoms with Gasteiger partial charge in [-0.2, -0.15) is 0 Å². The van der Waals surface area contributed by atoms with E-state index in [1.165, 1.54) is 10.6 Å². The molecule has 2 aromatic rings. The van der Waals surface area contributed by atoms with E-state index in [0.29, 0.717) is 5.69 Å². The van der Waals surface area contributed by atoms with Gasteiger partial charge in [0.2, 0.25) is 0 Å². The molecule has 0 amide bonds. The van der Waals surface area contributed by atoms with Crippen LogP contribution in [0, 0.1) is 6.92 Å². The van der Waals surface area contributed by atoms with Crippen LogP contribution < -0.4 is 5.56 Å². The van der Waals surface area contributed by atoms with Gasteiger partial charge in [-0.15, -0.1) is 0 Å². The summed E-state index contributed by atoms with van der Waals surface area (Å²) < 4.78 is 1.19. The van der Waals surface area contributed by atoms with Crippen LogP contribution in [0.4, 0.5) is 0 Å². The van der Waals surface area contributed by atoms with Crippen LogP contribution in [-0.2, 0) is 11.2 Å². The first kappa shape index (κ1) is 13.9. The lowest BCUT2D eigenvalue weighted by Gasteiger charge is -2.18. The molecule has 1 atom stereocenters. The van der Waals surface area contributed by atoms with Crippen LogP contribution in [0.1, 0.15) is 17.3 Å². The lowest BCUT2D eigenvalue weighted by molar-refractivity contribution is -0.141. The number of rotatable bonds is 4. The van der Waals surface area contributed by atoms with E-state index in [2.05, 4.69) is 0 Å². The first-order valence-electron chi connectivity index (χ1n) is 6.18. The molecule has 0 saturated heterocycles. The lowest BCUT2D eigenvalue weighted by Crippen LogP contribution is -2.32. The minimum Gasteiger partial charge on any atom is -0.508 e. The van der Waals surface area contributed by atoms with E-state index in [0.717, 1.165) is 11.6 Å². The Hall–Kier alpha value is -2.56. The number of aromatic hydroxyl groups is 1. The zero-order chi connectivity index (χ0) is 14.7. The maximum atomic E-state index is 11.9. The predicted octanol–water partition coefficient (Wildman–Crippen LogP) is 1.73. The molecule has 5 nitrogen and oxygen atoms in total.